The van der Waals surface area contributed by atoms with Crippen molar-refractivity contribution >= 4 is 11.9 Å². The summed E-state index contributed by atoms with van der Waals surface area (Å²) in [6, 6.07) is 1.88. The minimum absolute atomic E-state index is 0.208. The van der Waals surface area contributed by atoms with E-state index in [1.165, 1.54) is 0 Å². The summed E-state index contributed by atoms with van der Waals surface area (Å²) in [6.45, 7) is 7.99. The molecule has 2 aromatic rings. The molecular weight excluding hydrogens is 332 g/mol. The Bertz CT molecular complexity index is 752. The van der Waals surface area contributed by atoms with Crippen LogP contribution in [0.2, 0.25) is 0 Å². The second-order valence-corrected chi connectivity index (χ2v) is 6.68. The summed E-state index contributed by atoms with van der Waals surface area (Å²) in [7, 11) is 2.11. The van der Waals surface area contributed by atoms with Crippen molar-refractivity contribution in [3.8, 4) is 0 Å². The number of amides is 1. The summed E-state index contributed by atoms with van der Waals surface area (Å²) in [5, 5.41) is 6.83. The van der Waals surface area contributed by atoms with E-state index < -0.39 is 0 Å². The summed E-state index contributed by atoms with van der Waals surface area (Å²) in [5.41, 5.74) is 2.07. The Kier molecular flexibility index (Phi) is 5.82. The first-order valence-corrected chi connectivity index (χ1v) is 9.06. The molecule has 0 unspecified atom stereocenters. The van der Waals surface area contributed by atoms with Gasteiger partial charge in [0.25, 0.3) is 5.91 Å². The highest BCUT2D eigenvalue weighted by Gasteiger charge is 2.19. The third-order valence-electron chi connectivity index (χ3n) is 4.53. The first kappa shape index (κ1) is 18.3. The van der Waals surface area contributed by atoms with Gasteiger partial charge in [-0.1, -0.05) is 18.5 Å². The number of aryl methyl sites for hydroxylation is 2. The minimum Gasteiger partial charge on any atom is -0.359 e. The van der Waals surface area contributed by atoms with Crippen LogP contribution in [0.4, 0.5) is 5.95 Å². The monoisotopic (exact) mass is 358 g/mol. The van der Waals surface area contributed by atoms with Gasteiger partial charge >= 0.3 is 0 Å². The van der Waals surface area contributed by atoms with E-state index in [2.05, 4.69) is 44.2 Å². The molecule has 0 atom stereocenters. The normalized spacial score (nSPS) is 15.3. The highest BCUT2D eigenvalue weighted by molar-refractivity contribution is 5.94. The highest BCUT2D eigenvalue weighted by atomic mass is 16.5. The van der Waals surface area contributed by atoms with E-state index in [9.17, 15) is 4.79 Å². The van der Waals surface area contributed by atoms with E-state index >= 15 is 0 Å². The van der Waals surface area contributed by atoms with Gasteiger partial charge in [-0.3, -0.25) is 4.79 Å². The molecule has 2 aromatic heterocycles. The van der Waals surface area contributed by atoms with Crippen LogP contribution in [0.15, 0.2) is 16.8 Å². The zero-order valence-electron chi connectivity index (χ0n) is 15.7. The summed E-state index contributed by atoms with van der Waals surface area (Å²) in [6.07, 6.45) is 3.49. The van der Waals surface area contributed by atoms with E-state index in [4.69, 9.17) is 4.52 Å². The molecule has 3 rings (SSSR count). The molecule has 1 amide bonds. The molecule has 3 heterocycles. The number of rotatable bonds is 6. The number of aromatic nitrogens is 3. The summed E-state index contributed by atoms with van der Waals surface area (Å²) < 4.78 is 5.23. The third-order valence-corrected chi connectivity index (χ3v) is 4.53. The van der Waals surface area contributed by atoms with Gasteiger partial charge in [-0.15, -0.1) is 0 Å². The number of carbonyl (C=O) groups is 1. The molecule has 0 bridgehead atoms. The Morgan fingerprint density at radius 3 is 2.77 bits per heavy atom. The number of carbonyl (C=O) groups excluding carboxylic acids is 1. The van der Waals surface area contributed by atoms with E-state index in [0.717, 1.165) is 44.7 Å². The molecule has 0 spiro atoms. The standard InChI is InChI=1S/C18H26N6O2/c1-4-5-14-10-15(26-22-14)11-19-17(25)16-12-20-18(21-13(16)2)24-8-6-23(3)7-9-24/h10,12H,4-9,11H2,1-3H3,(H,19,25). The Labute approximate surface area is 153 Å². The zero-order valence-corrected chi connectivity index (χ0v) is 15.7. The number of hydrogen-bond donors (Lipinski definition) is 1. The molecule has 1 N–H and O–H groups in total. The van der Waals surface area contributed by atoms with Crippen molar-refractivity contribution in [1.29, 1.82) is 0 Å². The van der Waals surface area contributed by atoms with Gasteiger partial charge < -0.3 is 19.6 Å². The maximum Gasteiger partial charge on any atom is 0.255 e. The van der Waals surface area contributed by atoms with Gasteiger partial charge in [-0.25, -0.2) is 9.97 Å². The Morgan fingerprint density at radius 2 is 2.08 bits per heavy atom. The summed E-state index contributed by atoms with van der Waals surface area (Å²) >= 11 is 0. The van der Waals surface area contributed by atoms with Crippen molar-refractivity contribution in [2.24, 2.45) is 0 Å². The van der Waals surface area contributed by atoms with Gasteiger partial charge in [0, 0.05) is 38.4 Å². The van der Waals surface area contributed by atoms with Crippen LogP contribution in [0.5, 0.6) is 0 Å². The van der Waals surface area contributed by atoms with Gasteiger partial charge in [0.05, 0.1) is 23.5 Å². The zero-order chi connectivity index (χ0) is 18.5. The lowest BCUT2D eigenvalue weighted by molar-refractivity contribution is 0.0945. The number of nitrogens with zero attached hydrogens (tertiary/aromatic N) is 5. The molecule has 8 heteroatoms. The van der Waals surface area contributed by atoms with E-state index in [0.29, 0.717) is 29.5 Å². The van der Waals surface area contributed by atoms with Crippen LogP contribution < -0.4 is 10.2 Å². The average Bonchev–Trinajstić information content (AvgIpc) is 3.08. The van der Waals surface area contributed by atoms with Gasteiger partial charge in [0.1, 0.15) is 0 Å². The topological polar surface area (TPSA) is 87.4 Å². The predicted molar refractivity (Wildman–Crippen MR) is 98.1 cm³/mol. The fraction of sp³-hybridized carbons (Fsp3) is 0.556. The van der Waals surface area contributed by atoms with Crippen LogP contribution in [-0.4, -0.2) is 59.2 Å². The van der Waals surface area contributed by atoms with Crippen molar-refractivity contribution in [3.63, 3.8) is 0 Å². The molecule has 8 nitrogen and oxygen atoms in total. The second kappa shape index (κ2) is 8.27. The highest BCUT2D eigenvalue weighted by Crippen LogP contribution is 2.14. The first-order valence-electron chi connectivity index (χ1n) is 9.06. The lowest BCUT2D eigenvalue weighted by Crippen LogP contribution is -2.45. The summed E-state index contributed by atoms with van der Waals surface area (Å²) in [4.78, 5) is 25.8. The van der Waals surface area contributed by atoms with E-state index in [1.54, 1.807) is 6.20 Å². The molecule has 140 valence electrons. The number of nitrogens with one attached hydrogen (secondary N) is 1. The molecule has 1 fully saturated rings. The maximum absolute atomic E-state index is 12.4. The largest absolute Gasteiger partial charge is 0.359 e. The fourth-order valence-electron chi connectivity index (χ4n) is 2.91. The molecule has 1 saturated heterocycles. The van der Waals surface area contributed by atoms with Crippen molar-refractivity contribution in [1.82, 2.24) is 25.3 Å². The fourth-order valence-corrected chi connectivity index (χ4v) is 2.91. The molecule has 1 aliphatic rings. The van der Waals surface area contributed by atoms with Crippen LogP contribution in [0, 0.1) is 6.92 Å². The molecule has 0 saturated carbocycles. The molecule has 0 radical (unpaired) electrons. The van der Waals surface area contributed by atoms with Crippen molar-refractivity contribution < 1.29 is 9.32 Å². The molecule has 1 aliphatic heterocycles. The van der Waals surface area contributed by atoms with Crippen LogP contribution in [0.3, 0.4) is 0 Å². The molecule has 26 heavy (non-hydrogen) atoms. The Morgan fingerprint density at radius 1 is 1.31 bits per heavy atom. The van der Waals surface area contributed by atoms with E-state index in [-0.39, 0.29) is 5.91 Å². The quantitative estimate of drug-likeness (QED) is 0.835. The lowest BCUT2D eigenvalue weighted by atomic mass is 10.2. The van der Waals surface area contributed by atoms with Crippen molar-refractivity contribution in [2.45, 2.75) is 33.2 Å². The van der Waals surface area contributed by atoms with Gasteiger partial charge in [0.15, 0.2) is 5.76 Å². The van der Waals surface area contributed by atoms with Crippen molar-refractivity contribution in [2.75, 3.05) is 38.1 Å². The number of piperazine rings is 1. The second-order valence-electron chi connectivity index (χ2n) is 6.68. The molecular formula is C18H26N6O2. The lowest BCUT2D eigenvalue weighted by Gasteiger charge is -2.32. The minimum atomic E-state index is -0.208. The van der Waals surface area contributed by atoms with Crippen molar-refractivity contribution in [3.05, 3.63) is 35.0 Å². The maximum atomic E-state index is 12.4. The number of anilines is 1. The molecule has 0 aromatic carbocycles. The predicted octanol–water partition coefficient (Wildman–Crippen LogP) is 1.41. The molecule has 0 aliphatic carbocycles. The smallest absolute Gasteiger partial charge is 0.255 e. The first-order chi connectivity index (χ1) is 12.6. The van der Waals surface area contributed by atoms with Gasteiger partial charge in [-0.05, 0) is 20.4 Å². The van der Waals surface area contributed by atoms with Gasteiger partial charge in [-0.2, -0.15) is 0 Å². The summed E-state index contributed by atoms with van der Waals surface area (Å²) in [5.74, 6) is 1.13. The van der Waals surface area contributed by atoms with Crippen LogP contribution >= 0.6 is 0 Å². The van der Waals surface area contributed by atoms with Crippen LogP contribution in [-0.2, 0) is 13.0 Å². The van der Waals surface area contributed by atoms with Gasteiger partial charge in [0.2, 0.25) is 5.95 Å². The Hall–Kier alpha value is -2.48. The average molecular weight is 358 g/mol. The Balaban J connectivity index is 1.60. The van der Waals surface area contributed by atoms with Crippen LogP contribution in [0.1, 0.15) is 40.9 Å². The number of likely N-dealkylation sites (N-methyl/N-ethyl adjacent to an activating group) is 1. The number of hydrogen-bond acceptors (Lipinski definition) is 7. The SMILES string of the molecule is CCCc1cc(CNC(=O)c2cnc(N3CCN(C)CC3)nc2C)on1. The van der Waals surface area contributed by atoms with E-state index in [1.807, 2.05) is 13.0 Å². The third kappa shape index (κ3) is 4.37. The van der Waals surface area contributed by atoms with Crippen LogP contribution in [0.25, 0.3) is 0 Å².